The number of carboxylic acids is 1. The Morgan fingerprint density at radius 2 is 2.08 bits per heavy atom. The van der Waals surface area contributed by atoms with Gasteiger partial charge in [-0.05, 0) is 12.5 Å². The molecule has 3 rings (SSSR count). The fraction of sp³-hybridized carbons (Fsp3) is 0.357. The number of anilines is 1. The first-order chi connectivity index (χ1) is 11.3. The highest BCUT2D eigenvalue weighted by atomic mass is 19.4. The molecule has 0 aliphatic heterocycles. The van der Waals surface area contributed by atoms with Crippen LogP contribution in [-0.4, -0.2) is 43.7 Å². The molecule has 2 aromatic heterocycles. The van der Waals surface area contributed by atoms with Crippen LogP contribution in [0.4, 0.5) is 19.1 Å². The average Bonchev–Trinajstić information content (AvgIpc) is 3.31. The second-order valence-electron chi connectivity index (χ2n) is 5.47. The van der Waals surface area contributed by atoms with Crippen molar-refractivity contribution in [1.29, 1.82) is 0 Å². The highest BCUT2D eigenvalue weighted by molar-refractivity contribution is 5.79. The molecule has 24 heavy (non-hydrogen) atoms. The molecule has 0 spiro atoms. The summed E-state index contributed by atoms with van der Waals surface area (Å²) >= 11 is 0. The van der Waals surface area contributed by atoms with Gasteiger partial charge in [0.05, 0.1) is 23.2 Å². The number of aliphatic carboxylic acids is 1. The minimum atomic E-state index is -4.54. The number of nitrogens with one attached hydrogen (secondary N) is 1. The van der Waals surface area contributed by atoms with Gasteiger partial charge in [0.2, 0.25) is 5.95 Å². The first-order valence-corrected chi connectivity index (χ1v) is 6.96. The number of hydrogen-bond acceptors (Lipinski definition) is 6. The van der Waals surface area contributed by atoms with Crippen LogP contribution in [0.1, 0.15) is 6.42 Å². The predicted molar refractivity (Wildman–Crippen MR) is 75.8 cm³/mol. The third kappa shape index (κ3) is 2.99. The summed E-state index contributed by atoms with van der Waals surface area (Å²) in [5.41, 5.74) is -0.979. The van der Waals surface area contributed by atoms with Gasteiger partial charge in [-0.1, -0.05) is 0 Å². The molecule has 2 heterocycles. The van der Waals surface area contributed by atoms with Gasteiger partial charge in [0.15, 0.2) is 0 Å². The van der Waals surface area contributed by atoms with E-state index in [1.807, 2.05) is 0 Å². The van der Waals surface area contributed by atoms with Gasteiger partial charge in [-0.3, -0.25) is 14.8 Å². The van der Waals surface area contributed by atoms with E-state index in [9.17, 15) is 18.0 Å². The molecule has 1 fully saturated rings. The van der Waals surface area contributed by atoms with E-state index in [4.69, 9.17) is 5.11 Å². The molecule has 0 saturated heterocycles. The number of rotatable bonds is 5. The standard InChI is InChI=1S/C14H12F3N5O2/c15-14(16,17)10-5-13(10,11(23)24)7-21-12-20-2-1-8(22-12)9-6-18-3-4-19-9/h1-4,6,10H,5,7H2,(H,23,24)(H,20,21,22)/t10-,13+/m0/s1. The molecule has 1 aliphatic carbocycles. The van der Waals surface area contributed by atoms with Crippen LogP contribution in [0.5, 0.6) is 0 Å². The molecule has 7 nitrogen and oxygen atoms in total. The van der Waals surface area contributed by atoms with Crippen molar-refractivity contribution >= 4 is 11.9 Å². The highest BCUT2D eigenvalue weighted by Gasteiger charge is 2.71. The van der Waals surface area contributed by atoms with Crippen LogP contribution in [-0.2, 0) is 4.79 Å². The van der Waals surface area contributed by atoms with E-state index >= 15 is 0 Å². The molecule has 0 aromatic carbocycles. The van der Waals surface area contributed by atoms with Crippen LogP contribution >= 0.6 is 0 Å². The summed E-state index contributed by atoms with van der Waals surface area (Å²) < 4.78 is 38.3. The van der Waals surface area contributed by atoms with Crippen LogP contribution in [0.3, 0.4) is 0 Å². The molecular formula is C14H12F3N5O2. The smallest absolute Gasteiger partial charge is 0.393 e. The second-order valence-corrected chi connectivity index (χ2v) is 5.47. The molecule has 0 unspecified atom stereocenters. The Bertz CT molecular complexity index is 756. The van der Waals surface area contributed by atoms with Crippen LogP contribution in [0.15, 0.2) is 30.9 Å². The number of halogens is 3. The Labute approximate surface area is 134 Å². The molecular weight excluding hydrogens is 327 g/mol. The lowest BCUT2D eigenvalue weighted by Gasteiger charge is -2.15. The number of alkyl halides is 3. The van der Waals surface area contributed by atoms with Gasteiger partial charge in [-0.15, -0.1) is 0 Å². The lowest BCUT2D eigenvalue weighted by Crippen LogP contribution is -2.31. The quantitative estimate of drug-likeness (QED) is 0.859. The molecule has 126 valence electrons. The van der Waals surface area contributed by atoms with Gasteiger partial charge in [0.25, 0.3) is 0 Å². The van der Waals surface area contributed by atoms with Gasteiger partial charge >= 0.3 is 12.1 Å². The van der Waals surface area contributed by atoms with E-state index in [1.165, 1.54) is 24.8 Å². The molecule has 2 atom stereocenters. The topological polar surface area (TPSA) is 101 Å². The monoisotopic (exact) mass is 339 g/mol. The van der Waals surface area contributed by atoms with Crippen molar-refractivity contribution in [1.82, 2.24) is 19.9 Å². The molecule has 1 saturated carbocycles. The molecule has 0 radical (unpaired) electrons. The van der Waals surface area contributed by atoms with Crippen molar-refractivity contribution in [3.05, 3.63) is 30.9 Å². The van der Waals surface area contributed by atoms with Crippen LogP contribution < -0.4 is 5.32 Å². The number of nitrogens with zero attached hydrogens (tertiary/aromatic N) is 4. The molecule has 1 aliphatic rings. The second kappa shape index (κ2) is 5.69. The van der Waals surface area contributed by atoms with Gasteiger partial charge in [0, 0.05) is 25.1 Å². The maximum absolute atomic E-state index is 12.8. The third-order valence-electron chi connectivity index (χ3n) is 3.94. The molecule has 0 amide bonds. The molecule has 2 N–H and O–H groups in total. The number of carboxylic acid groups (broad SMARTS) is 1. The minimum Gasteiger partial charge on any atom is -0.481 e. The van der Waals surface area contributed by atoms with E-state index in [0.717, 1.165) is 0 Å². The molecule has 2 aromatic rings. The first kappa shape index (κ1) is 16.1. The van der Waals surface area contributed by atoms with Crippen molar-refractivity contribution in [3.8, 4) is 11.4 Å². The van der Waals surface area contributed by atoms with E-state index in [2.05, 4.69) is 25.3 Å². The van der Waals surface area contributed by atoms with E-state index in [-0.39, 0.29) is 5.95 Å². The van der Waals surface area contributed by atoms with E-state index in [0.29, 0.717) is 11.4 Å². The summed E-state index contributed by atoms with van der Waals surface area (Å²) in [5.74, 6) is -3.31. The lowest BCUT2D eigenvalue weighted by molar-refractivity contribution is -0.167. The van der Waals surface area contributed by atoms with Gasteiger partial charge in [-0.25, -0.2) is 9.97 Å². The van der Waals surface area contributed by atoms with Crippen molar-refractivity contribution in [2.75, 3.05) is 11.9 Å². The van der Waals surface area contributed by atoms with Crippen molar-refractivity contribution < 1.29 is 23.1 Å². The zero-order chi connectivity index (χ0) is 17.4. The normalized spacial score (nSPS) is 22.9. The summed E-state index contributed by atoms with van der Waals surface area (Å²) in [5, 5.41) is 11.7. The predicted octanol–water partition coefficient (Wildman–Crippen LogP) is 2.00. The third-order valence-corrected chi connectivity index (χ3v) is 3.94. The van der Waals surface area contributed by atoms with Crippen molar-refractivity contribution in [3.63, 3.8) is 0 Å². The van der Waals surface area contributed by atoms with Crippen LogP contribution in [0, 0.1) is 11.3 Å². The Hall–Kier alpha value is -2.78. The SMILES string of the molecule is O=C(O)[C@@]1(CNc2nccc(-c3cnccn3)n2)C[C@@H]1C(F)(F)F. The summed E-state index contributed by atoms with van der Waals surface area (Å²) in [6.45, 7) is -0.406. The number of carbonyl (C=O) groups is 1. The average molecular weight is 339 g/mol. The molecule has 0 bridgehead atoms. The molecule has 10 heteroatoms. The van der Waals surface area contributed by atoms with Gasteiger partial charge in [0.1, 0.15) is 5.69 Å². The Balaban J connectivity index is 1.74. The zero-order valence-electron chi connectivity index (χ0n) is 12.2. The van der Waals surface area contributed by atoms with Gasteiger partial charge < -0.3 is 10.4 Å². The zero-order valence-corrected chi connectivity index (χ0v) is 12.2. The summed E-state index contributed by atoms with van der Waals surface area (Å²) in [6.07, 6.45) is 0.852. The van der Waals surface area contributed by atoms with Crippen molar-refractivity contribution in [2.24, 2.45) is 11.3 Å². The van der Waals surface area contributed by atoms with Gasteiger partial charge in [-0.2, -0.15) is 13.2 Å². The maximum atomic E-state index is 12.8. The van der Waals surface area contributed by atoms with Crippen LogP contribution in [0.2, 0.25) is 0 Å². The fourth-order valence-electron chi connectivity index (χ4n) is 2.50. The largest absolute Gasteiger partial charge is 0.481 e. The van der Waals surface area contributed by atoms with Crippen molar-refractivity contribution in [2.45, 2.75) is 12.6 Å². The Kier molecular flexibility index (Phi) is 3.82. The summed E-state index contributed by atoms with van der Waals surface area (Å²) in [7, 11) is 0. The highest BCUT2D eigenvalue weighted by Crippen LogP contribution is 2.60. The summed E-state index contributed by atoms with van der Waals surface area (Å²) in [6, 6.07) is 1.57. The number of hydrogen-bond donors (Lipinski definition) is 2. The van der Waals surface area contributed by atoms with E-state index in [1.54, 1.807) is 6.07 Å². The lowest BCUT2D eigenvalue weighted by atomic mass is 10.0. The minimum absolute atomic E-state index is 0.0339. The Morgan fingerprint density at radius 1 is 1.29 bits per heavy atom. The fourth-order valence-corrected chi connectivity index (χ4v) is 2.50. The Morgan fingerprint density at radius 3 is 2.67 bits per heavy atom. The maximum Gasteiger partial charge on any atom is 0.393 e. The van der Waals surface area contributed by atoms with Crippen LogP contribution in [0.25, 0.3) is 11.4 Å². The summed E-state index contributed by atoms with van der Waals surface area (Å²) in [4.78, 5) is 27.2. The first-order valence-electron chi connectivity index (χ1n) is 6.96. The van der Waals surface area contributed by atoms with E-state index < -0.39 is 36.4 Å². The number of aromatic nitrogens is 4.